The van der Waals surface area contributed by atoms with Gasteiger partial charge in [0.2, 0.25) is 0 Å². The van der Waals surface area contributed by atoms with E-state index < -0.39 is 9.84 Å². The first kappa shape index (κ1) is 24.0. The van der Waals surface area contributed by atoms with Gasteiger partial charge in [0.15, 0.2) is 9.84 Å². The monoisotopic (exact) mass is 460 g/mol. The number of piperidine rings is 1. The molecule has 3 rings (SSSR count). The third kappa shape index (κ3) is 6.22. The summed E-state index contributed by atoms with van der Waals surface area (Å²) < 4.78 is 34.8. The molecule has 8 heteroatoms. The Morgan fingerprint density at radius 2 is 1.78 bits per heavy atom. The van der Waals surface area contributed by atoms with Gasteiger partial charge in [-0.3, -0.25) is 4.98 Å². The third-order valence-corrected chi connectivity index (χ3v) is 6.79. The molecule has 1 aliphatic heterocycles. The Hall–Kier alpha value is -2.61. The van der Waals surface area contributed by atoms with E-state index in [0.717, 1.165) is 30.5 Å². The molecule has 0 radical (unpaired) electrons. The number of pyridine rings is 1. The van der Waals surface area contributed by atoms with Crippen molar-refractivity contribution in [1.82, 2.24) is 9.88 Å². The normalized spacial score (nSPS) is 16.1. The standard InChI is InChI=1S/C24H32N2O5S/c1-5-23(19-12-14-26(15-13-19)24(27)30-17(2)3)31-20-8-11-22(25-16-20)18-6-9-21(10-7-18)32(4,28)29/h6-11,16-17,19,23H,5,12-15H2,1-4H3/t23-/m1/s1. The number of hydrogen-bond acceptors (Lipinski definition) is 6. The molecule has 0 N–H and O–H groups in total. The molecule has 1 aromatic carbocycles. The van der Waals surface area contributed by atoms with Gasteiger partial charge in [0.05, 0.1) is 22.9 Å². The molecule has 1 aliphatic rings. The van der Waals surface area contributed by atoms with Crippen molar-refractivity contribution in [3.05, 3.63) is 42.6 Å². The molecule has 0 spiro atoms. The van der Waals surface area contributed by atoms with Crippen LogP contribution in [0.3, 0.4) is 0 Å². The summed E-state index contributed by atoms with van der Waals surface area (Å²) in [5.74, 6) is 1.07. The lowest BCUT2D eigenvalue weighted by atomic mass is 9.90. The average molecular weight is 461 g/mol. The summed E-state index contributed by atoms with van der Waals surface area (Å²) in [7, 11) is -3.22. The quantitative estimate of drug-likeness (QED) is 0.602. The smallest absolute Gasteiger partial charge is 0.410 e. The fourth-order valence-corrected chi connectivity index (χ4v) is 4.54. The zero-order chi connectivity index (χ0) is 23.3. The second-order valence-corrected chi connectivity index (χ2v) is 10.5. The zero-order valence-electron chi connectivity index (χ0n) is 19.2. The van der Waals surface area contributed by atoms with Crippen molar-refractivity contribution in [3.8, 4) is 17.0 Å². The Balaban J connectivity index is 1.59. The van der Waals surface area contributed by atoms with Crippen molar-refractivity contribution in [2.75, 3.05) is 19.3 Å². The van der Waals surface area contributed by atoms with Crippen LogP contribution < -0.4 is 4.74 Å². The van der Waals surface area contributed by atoms with E-state index in [1.54, 1.807) is 35.4 Å². The number of rotatable bonds is 7. The lowest BCUT2D eigenvalue weighted by Crippen LogP contribution is -2.43. The number of sulfone groups is 1. The van der Waals surface area contributed by atoms with Gasteiger partial charge in [0.25, 0.3) is 0 Å². The molecule has 174 valence electrons. The van der Waals surface area contributed by atoms with Crippen LogP contribution in [0.25, 0.3) is 11.3 Å². The molecule has 2 aromatic rings. The van der Waals surface area contributed by atoms with E-state index in [0.29, 0.717) is 24.8 Å². The highest BCUT2D eigenvalue weighted by Gasteiger charge is 2.29. The van der Waals surface area contributed by atoms with Crippen LogP contribution in [0.15, 0.2) is 47.5 Å². The van der Waals surface area contributed by atoms with E-state index in [1.807, 2.05) is 26.0 Å². The molecule has 2 heterocycles. The number of carbonyl (C=O) groups excluding carboxylic acids is 1. The van der Waals surface area contributed by atoms with E-state index in [4.69, 9.17) is 9.47 Å². The number of ether oxygens (including phenoxy) is 2. The molecule has 1 saturated heterocycles. The van der Waals surface area contributed by atoms with Crippen molar-refractivity contribution >= 4 is 15.9 Å². The molecule has 1 atom stereocenters. The summed E-state index contributed by atoms with van der Waals surface area (Å²) in [5.41, 5.74) is 1.60. The predicted octanol–water partition coefficient (Wildman–Crippen LogP) is 4.57. The fraction of sp³-hybridized carbons (Fsp3) is 0.500. The van der Waals surface area contributed by atoms with Crippen LogP contribution in [0, 0.1) is 5.92 Å². The Morgan fingerprint density at radius 3 is 2.28 bits per heavy atom. The largest absolute Gasteiger partial charge is 0.489 e. The molecular formula is C24H32N2O5S. The van der Waals surface area contributed by atoms with Gasteiger partial charge in [-0.25, -0.2) is 13.2 Å². The van der Waals surface area contributed by atoms with Crippen molar-refractivity contribution in [2.45, 2.75) is 57.1 Å². The first-order valence-corrected chi connectivity index (χ1v) is 12.9. The minimum Gasteiger partial charge on any atom is -0.489 e. The maximum Gasteiger partial charge on any atom is 0.410 e. The first-order valence-electron chi connectivity index (χ1n) is 11.1. The van der Waals surface area contributed by atoms with E-state index >= 15 is 0 Å². The van der Waals surface area contributed by atoms with Gasteiger partial charge in [0.1, 0.15) is 11.9 Å². The third-order valence-electron chi connectivity index (χ3n) is 5.66. The second kappa shape index (κ2) is 10.3. The molecule has 1 fully saturated rings. The number of nitrogens with zero attached hydrogens (tertiary/aromatic N) is 2. The van der Waals surface area contributed by atoms with Crippen molar-refractivity contribution in [2.24, 2.45) is 5.92 Å². The number of hydrogen-bond donors (Lipinski definition) is 0. The maximum atomic E-state index is 12.1. The van der Waals surface area contributed by atoms with E-state index in [-0.39, 0.29) is 23.2 Å². The fourth-order valence-electron chi connectivity index (χ4n) is 3.91. The minimum atomic E-state index is -3.22. The van der Waals surface area contributed by atoms with Gasteiger partial charge in [-0.2, -0.15) is 0 Å². The Bertz CT molecular complexity index is 996. The van der Waals surface area contributed by atoms with Crippen LogP contribution >= 0.6 is 0 Å². The minimum absolute atomic E-state index is 0.0555. The van der Waals surface area contributed by atoms with Crippen LogP contribution in [0.1, 0.15) is 40.0 Å². The van der Waals surface area contributed by atoms with Gasteiger partial charge in [-0.05, 0) is 63.3 Å². The summed E-state index contributed by atoms with van der Waals surface area (Å²) in [5, 5.41) is 0. The Labute approximate surface area is 190 Å². The highest BCUT2D eigenvalue weighted by Crippen LogP contribution is 2.28. The summed E-state index contributed by atoms with van der Waals surface area (Å²) in [4.78, 5) is 18.6. The Kier molecular flexibility index (Phi) is 7.77. The summed E-state index contributed by atoms with van der Waals surface area (Å²) in [6.07, 6.45) is 5.23. The first-order chi connectivity index (χ1) is 15.2. The van der Waals surface area contributed by atoms with Crippen molar-refractivity contribution < 1.29 is 22.7 Å². The summed E-state index contributed by atoms with van der Waals surface area (Å²) in [6, 6.07) is 10.5. The summed E-state index contributed by atoms with van der Waals surface area (Å²) in [6.45, 7) is 7.17. The number of benzene rings is 1. The number of amides is 1. The van der Waals surface area contributed by atoms with Gasteiger partial charge >= 0.3 is 6.09 Å². The molecule has 0 saturated carbocycles. The van der Waals surface area contributed by atoms with Crippen molar-refractivity contribution in [3.63, 3.8) is 0 Å². The molecular weight excluding hydrogens is 428 g/mol. The van der Waals surface area contributed by atoms with Crippen LogP contribution in [-0.4, -0.2) is 55.9 Å². The van der Waals surface area contributed by atoms with Crippen LogP contribution in [-0.2, 0) is 14.6 Å². The number of aromatic nitrogens is 1. The van der Waals surface area contributed by atoms with Gasteiger partial charge < -0.3 is 14.4 Å². The molecule has 0 bridgehead atoms. The summed E-state index contributed by atoms with van der Waals surface area (Å²) >= 11 is 0. The molecule has 0 unspecified atom stereocenters. The topological polar surface area (TPSA) is 85.8 Å². The highest BCUT2D eigenvalue weighted by atomic mass is 32.2. The van der Waals surface area contributed by atoms with E-state index in [2.05, 4.69) is 11.9 Å². The van der Waals surface area contributed by atoms with Crippen LogP contribution in [0.4, 0.5) is 4.79 Å². The average Bonchev–Trinajstić information content (AvgIpc) is 2.77. The van der Waals surface area contributed by atoms with Gasteiger partial charge in [-0.1, -0.05) is 19.1 Å². The number of carbonyl (C=O) groups is 1. The lowest BCUT2D eigenvalue weighted by molar-refractivity contribution is 0.0447. The Morgan fingerprint density at radius 1 is 1.12 bits per heavy atom. The van der Waals surface area contributed by atoms with E-state index in [9.17, 15) is 13.2 Å². The number of likely N-dealkylation sites (tertiary alicyclic amines) is 1. The SMILES string of the molecule is CC[C@@H](Oc1ccc(-c2ccc(S(C)(=O)=O)cc2)nc1)C1CCN(C(=O)OC(C)C)CC1. The predicted molar refractivity (Wildman–Crippen MR) is 123 cm³/mol. The highest BCUT2D eigenvalue weighted by molar-refractivity contribution is 7.90. The zero-order valence-corrected chi connectivity index (χ0v) is 20.0. The second-order valence-electron chi connectivity index (χ2n) is 8.50. The van der Waals surface area contributed by atoms with E-state index in [1.165, 1.54) is 6.26 Å². The van der Waals surface area contributed by atoms with Gasteiger partial charge in [-0.15, -0.1) is 0 Å². The molecule has 1 amide bonds. The van der Waals surface area contributed by atoms with Crippen LogP contribution in [0.5, 0.6) is 5.75 Å². The molecule has 1 aromatic heterocycles. The maximum absolute atomic E-state index is 12.1. The molecule has 0 aliphatic carbocycles. The molecule has 32 heavy (non-hydrogen) atoms. The van der Waals surface area contributed by atoms with Crippen LogP contribution in [0.2, 0.25) is 0 Å². The van der Waals surface area contributed by atoms with Crippen molar-refractivity contribution in [1.29, 1.82) is 0 Å². The lowest BCUT2D eigenvalue weighted by Gasteiger charge is -2.35. The van der Waals surface area contributed by atoms with Gasteiger partial charge in [0, 0.05) is 24.9 Å². The molecule has 7 nitrogen and oxygen atoms in total.